The zero-order valence-corrected chi connectivity index (χ0v) is 20.0. The summed E-state index contributed by atoms with van der Waals surface area (Å²) in [6.45, 7) is 10.9. The molecule has 0 N–H and O–H groups in total. The minimum atomic E-state index is 0.0298. The van der Waals surface area contributed by atoms with E-state index >= 15 is 0 Å². The molecule has 1 aromatic rings. The molecule has 1 saturated carbocycles. The molecule has 178 valence electrons. The number of esters is 1. The molecule has 0 spiro atoms. The number of ether oxygens (including phenoxy) is 3. The second kappa shape index (κ2) is 8.31. The highest BCUT2D eigenvalue weighted by molar-refractivity contribution is 5.76. The van der Waals surface area contributed by atoms with Crippen molar-refractivity contribution < 1.29 is 19.0 Å². The van der Waals surface area contributed by atoms with Crippen LogP contribution in [0.25, 0.3) is 0 Å². The third-order valence-corrected chi connectivity index (χ3v) is 8.94. The smallest absolute Gasteiger partial charge is 0.310 e. The van der Waals surface area contributed by atoms with Gasteiger partial charge in [0.2, 0.25) is 6.79 Å². The van der Waals surface area contributed by atoms with Gasteiger partial charge in [0.25, 0.3) is 0 Å². The molecule has 0 unspecified atom stereocenters. The van der Waals surface area contributed by atoms with E-state index in [0.29, 0.717) is 12.7 Å². The van der Waals surface area contributed by atoms with E-state index in [4.69, 9.17) is 14.2 Å². The van der Waals surface area contributed by atoms with Crippen molar-refractivity contribution in [2.75, 3.05) is 39.5 Å². The molecule has 33 heavy (non-hydrogen) atoms. The molecule has 0 radical (unpaired) electrons. The Kier molecular flexibility index (Phi) is 5.41. The molecule has 1 aromatic carbocycles. The molecule has 3 heterocycles. The van der Waals surface area contributed by atoms with Gasteiger partial charge in [-0.15, -0.1) is 0 Å². The Morgan fingerprint density at radius 1 is 1.09 bits per heavy atom. The summed E-state index contributed by atoms with van der Waals surface area (Å²) in [6, 6.07) is 6.24. The number of carbonyl (C=O) groups excluding carboxylic acids is 1. The highest BCUT2D eigenvalue weighted by Crippen LogP contribution is 2.55. The van der Waals surface area contributed by atoms with Gasteiger partial charge in [-0.05, 0) is 62.1 Å². The first-order valence-electron chi connectivity index (χ1n) is 12.7. The Morgan fingerprint density at radius 3 is 2.73 bits per heavy atom. The number of rotatable bonds is 4. The first-order chi connectivity index (χ1) is 16.0. The Balaban J connectivity index is 1.06. The van der Waals surface area contributed by atoms with Gasteiger partial charge in [0.05, 0.1) is 5.92 Å². The summed E-state index contributed by atoms with van der Waals surface area (Å²) in [5.74, 6) is 2.13. The van der Waals surface area contributed by atoms with Gasteiger partial charge >= 0.3 is 5.97 Å². The Bertz CT molecular complexity index is 967. The Morgan fingerprint density at radius 2 is 1.88 bits per heavy atom. The fraction of sp³-hybridized carbons (Fsp3) is 0.667. The molecule has 5 aliphatic rings. The van der Waals surface area contributed by atoms with Crippen LogP contribution in [0.2, 0.25) is 0 Å². The molecule has 0 bridgehead atoms. The van der Waals surface area contributed by atoms with Crippen LogP contribution in [0, 0.1) is 17.3 Å². The lowest BCUT2D eigenvalue weighted by molar-refractivity contribution is -0.145. The quantitative estimate of drug-likeness (QED) is 0.509. The van der Waals surface area contributed by atoms with Crippen LogP contribution in [0.3, 0.4) is 0 Å². The van der Waals surface area contributed by atoms with Crippen molar-refractivity contribution in [3.63, 3.8) is 0 Å². The van der Waals surface area contributed by atoms with Crippen molar-refractivity contribution in [2.24, 2.45) is 17.3 Å². The molecule has 6 heteroatoms. The van der Waals surface area contributed by atoms with E-state index in [1.165, 1.54) is 24.8 Å². The van der Waals surface area contributed by atoms with E-state index in [9.17, 15) is 4.79 Å². The van der Waals surface area contributed by atoms with Crippen molar-refractivity contribution in [3.8, 4) is 11.5 Å². The second-order valence-corrected chi connectivity index (χ2v) is 11.1. The predicted octanol–water partition coefficient (Wildman–Crippen LogP) is 3.99. The maximum Gasteiger partial charge on any atom is 0.310 e. The highest BCUT2D eigenvalue weighted by atomic mass is 16.7. The van der Waals surface area contributed by atoms with E-state index < -0.39 is 0 Å². The van der Waals surface area contributed by atoms with Crippen LogP contribution in [-0.2, 0) is 16.1 Å². The monoisotopic (exact) mass is 452 g/mol. The Hall–Kier alpha value is -2.05. The minimum Gasteiger partial charge on any atom is -0.462 e. The number of fused-ring (bicyclic) bond motifs is 3. The van der Waals surface area contributed by atoms with Crippen LogP contribution in [0.5, 0.6) is 11.5 Å². The molecule has 0 amide bonds. The summed E-state index contributed by atoms with van der Waals surface area (Å²) < 4.78 is 16.9. The number of benzene rings is 1. The fourth-order valence-corrected chi connectivity index (χ4v) is 7.03. The standard InChI is InChI=1S/C27H36N2O4/c1-18-4-3-7-27(2)14-25-20(13-22(18)27)21(26(30)33-25)16-29-10-8-28(9-11-29)15-19-5-6-23-24(12-19)32-17-31-23/h5-6,12,20-21,25H,3-4,7-11,13-17H2,1-2H3/t20-,21+,25+,27+/m0/s1. The predicted molar refractivity (Wildman–Crippen MR) is 125 cm³/mol. The van der Waals surface area contributed by atoms with Gasteiger partial charge in [-0.3, -0.25) is 14.6 Å². The zero-order valence-electron chi connectivity index (χ0n) is 20.0. The van der Waals surface area contributed by atoms with Crippen molar-refractivity contribution in [1.82, 2.24) is 9.80 Å². The highest BCUT2D eigenvalue weighted by Gasteiger charge is 2.53. The van der Waals surface area contributed by atoms with E-state index in [2.05, 4.69) is 35.8 Å². The molecular weight excluding hydrogens is 416 g/mol. The molecule has 3 aliphatic heterocycles. The average Bonchev–Trinajstić information content (AvgIpc) is 3.37. The first kappa shape index (κ1) is 21.5. The summed E-state index contributed by atoms with van der Waals surface area (Å²) in [5, 5.41) is 0. The molecular formula is C27H36N2O4. The topological polar surface area (TPSA) is 51.2 Å². The van der Waals surface area contributed by atoms with Crippen LogP contribution < -0.4 is 9.47 Å². The lowest BCUT2D eigenvalue weighted by Crippen LogP contribution is -2.49. The zero-order chi connectivity index (χ0) is 22.6. The van der Waals surface area contributed by atoms with Crippen LogP contribution in [0.1, 0.15) is 51.5 Å². The minimum absolute atomic E-state index is 0.0298. The van der Waals surface area contributed by atoms with Crippen molar-refractivity contribution in [2.45, 2.75) is 58.6 Å². The molecule has 6 rings (SSSR count). The van der Waals surface area contributed by atoms with Crippen LogP contribution >= 0.6 is 0 Å². The molecule has 3 fully saturated rings. The molecule has 2 aliphatic carbocycles. The van der Waals surface area contributed by atoms with Gasteiger partial charge in [-0.25, -0.2) is 0 Å². The summed E-state index contributed by atoms with van der Waals surface area (Å²) in [4.78, 5) is 17.9. The molecule has 2 saturated heterocycles. The number of piperazine rings is 1. The normalized spacial score (nSPS) is 34.2. The number of hydrogen-bond acceptors (Lipinski definition) is 6. The van der Waals surface area contributed by atoms with Gasteiger partial charge in [0, 0.05) is 45.2 Å². The van der Waals surface area contributed by atoms with E-state index in [1.54, 1.807) is 11.1 Å². The van der Waals surface area contributed by atoms with Crippen molar-refractivity contribution in [1.29, 1.82) is 0 Å². The van der Waals surface area contributed by atoms with Crippen LogP contribution in [-0.4, -0.2) is 61.4 Å². The largest absolute Gasteiger partial charge is 0.462 e. The van der Waals surface area contributed by atoms with Crippen molar-refractivity contribution in [3.05, 3.63) is 34.9 Å². The third kappa shape index (κ3) is 3.95. The number of hydrogen-bond donors (Lipinski definition) is 0. The Labute approximate surface area is 196 Å². The summed E-state index contributed by atoms with van der Waals surface area (Å²) in [5.41, 5.74) is 4.74. The maximum absolute atomic E-state index is 12.9. The van der Waals surface area contributed by atoms with E-state index in [0.717, 1.165) is 63.6 Å². The van der Waals surface area contributed by atoms with Crippen LogP contribution in [0.15, 0.2) is 29.3 Å². The summed E-state index contributed by atoms with van der Waals surface area (Å²) in [6.07, 6.45) is 5.96. The SMILES string of the molecule is CC1=C2C[C@@H]3[C@@H](C[C@@]2(C)CCC1)OC(=O)[C@@H]3CN1CCN(Cc2ccc3c(c2)OCO3)CC1. The average molecular weight is 453 g/mol. The molecule has 6 nitrogen and oxygen atoms in total. The lowest BCUT2D eigenvalue weighted by atomic mass is 9.59. The van der Waals surface area contributed by atoms with E-state index in [-0.39, 0.29) is 23.4 Å². The van der Waals surface area contributed by atoms with E-state index in [1.807, 2.05) is 6.07 Å². The van der Waals surface area contributed by atoms with Gasteiger partial charge in [0.1, 0.15) is 6.10 Å². The summed E-state index contributed by atoms with van der Waals surface area (Å²) >= 11 is 0. The van der Waals surface area contributed by atoms with Gasteiger partial charge in [-0.2, -0.15) is 0 Å². The van der Waals surface area contributed by atoms with Gasteiger partial charge in [0.15, 0.2) is 11.5 Å². The first-order valence-corrected chi connectivity index (χ1v) is 12.7. The fourth-order valence-electron chi connectivity index (χ4n) is 7.03. The number of allylic oxidation sites excluding steroid dienone is 2. The van der Waals surface area contributed by atoms with Gasteiger partial charge < -0.3 is 14.2 Å². The summed E-state index contributed by atoms with van der Waals surface area (Å²) in [7, 11) is 0. The molecule has 0 aromatic heterocycles. The third-order valence-electron chi connectivity index (χ3n) is 8.94. The van der Waals surface area contributed by atoms with Crippen LogP contribution in [0.4, 0.5) is 0 Å². The van der Waals surface area contributed by atoms with Gasteiger partial charge in [-0.1, -0.05) is 24.1 Å². The second-order valence-electron chi connectivity index (χ2n) is 11.1. The lowest BCUT2D eigenvalue weighted by Gasteiger charge is -2.46. The number of nitrogens with zero attached hydrogens (tertiary/aromatic N) is 2. The van der Waals surface area contributed by atoms with Crippen molar-refractivity contribution >= 4 is 5.97 Å². The number of carbonyl (C=O) groups is 1. The maximum atomic E-state index is 12.9. The molecule has 4 atom stereocenters.